The van der Waals surface area contributed by atoms with Crippen LogP contribution in [0.25, 0.3) is 11.1 Å². The number of nitrogens with zero attached hydrogens (tertiary/aromatic N) is 1. The lowest BCUT2D eigenvalue weighted by atomic mass is 9.68. The Hall–Kier alpha value is -5.88. The Balaban J connectivity index is 1.25. The van der Waals surface area contributed by atoms with Crippen molar-refractivity contribution in [3.05, 3.63) is 184 Å². The number of hydrogen-bond donors (Lipinski definition) is 1. The summed E-state index contributed by atoms with van der Waals surface area (Å²) >= 11 is 0. The molecule has 0 saturated heterocycles. The number of hydrogen-bond acceptors (Lipinski definition) is 5. The van der Waals surface area contributed by atoms with E-state index in [9.17, 15) is 15.2 Å². The third kappa shape index (κ3) is 4.63. The van der Waals surface area contributed by atoms with Crippen LogP contribution in [0.5, 0.6) is 23.0 Å². The number of ether oxygens (including phenoxy) is 2. The fourth-order valence-electron chi connectivity index (χ4n) is 6.20. The standard InChI is InChI=1S/C38H27NO5/c40-29-18-14-27(15-19-29)38(34-12-6-4-10-32(34)33-11-5-7-13-35(33)38)28-16-20-30(21-17-28)44-31-22-23-36(39(41)42)37(24-31)43-25-26-8-2-1-3-9-26/h1-24,40H,25H2. The smallest absolute Gasteiger partial charge is 0.311 e. The second kappa shape index (κ2) is 11.1. The van der Waals surface area contributed by atoms with Crippen LogP contribution in [0, 0.1) is 10.1 Å². The highest BCUT2D eigenvalue weighted by molar-refractivity contribution is 5.86. The third-order valence-corrected chi connectivity index (χ3v) is 8.14. The average molecular weight is 578 g/mol. The molecule has 0 bridgehead atoms. The van der Waals surface area contributed by atoms with Crippen LogP contribution in [0.2, 0.25) is 0 Å². The molecule has 0 radical (unpaired) electrons. The van der Waals surface area contributed by atoms with Crippen LogP contribution in [-0.2, 0) is 12.0 Å². The van der Waals surface area contributed by atoms with Crippen LogP contribution in [-0.4, -0.2) is 10.0 Å². The molecule has 6 aromatic carbocycles. The molecule has 1 aliphatic carbocycles. The van der Waals surface area contributed by atoms with Gasteiger partial charge < -0.3 is 14.6 Å². The van der Waals surface area contributed by atoms with Crippen LogP contribution in [0.4, 0.5) is 5.69 Å². The van der Waals surface area contributed by atoms with Crippen LogP contribution in [0.1, 0.15) is 27.8 Å². The summed E-state index contributed by atoms with van der Waals surface area (Å²) in [6.45, 7) is 0.197. The van der Waals surface area contributed by atoms with Gasteiger partial charge in [0, 0.05) is 12.1 Å². The Morgan fingerprint density at radius 3 is 1.80 bits per heavy atom. The first kappa shape index (κ1) is 27.0. The van der Waals surface area contributed by atoms with E-state index in [-0.39, 0.29) is 23.8 Å². The maximum Gasteiger partial charge on any atom is 0.311 e. The van der Waals surface area contributed by atoms with Gasteiger partial charge in [-0.05, 0) is 69.3 Å². The topological polar surface area (TPSA) is 81.8 Å². The number of nitro benzene ring substituents is 1. The van der Waals surface area contributed by atoms with E-state index in [4.69, 9.17) is 9.47 Å². The Kier molecular flexibility index (Phi) is 6.79. The molecule has 0 saturated carbocycles. The highest BCUT2D eigenvalue weighted by Gasteiger charge is 2.45. The van der Waals surface area contributed by atoms with Crippen molar-refractivity contribution in [3.63, 3.8) is 0 Å². The van der Waals surface area contributed by atoms with E-state index in [1.54, 1.807) is 24.3 Å². The van der Waals surface area contributed by atoms with Gasteiger partial charge in [-0.1, -0.05) is 103 Å². The zero-order chi connectivity index (χ0) is 30.1. The summed E-state index contributed by atoms with van der Waals surface area (Å²) < 4.78 is 12.0. The second-order valence-electron chi connectivity index (χ2n) is 10.7. The quantitative estimate of drug-likeness (QED) is 0.144. The van der Waals surface area contributed by atoms with E-state index in [1.807, 2.05) is 54.6 Å². The zero-order valence-corrected chi connectivity index (χ0v) is 23.6. The van der Waals surface area contributed by atoms with Gasteiger partial charge in [0.25, 0.3) is 0 Å². The lowest BCUT2D eigenvalue weighted by Crippen LogP contribution is -2.28. The molecule has 0 atom stereocenters. The number of phenolic OH excluding ortho intramolecular Hbond substituents is 1. The first-order chi connectivity index (χ1) is 21.5. The first-order valence-corrected chi connectivity index (χ1v) is 14.3. The molecule has 0 aromatic heterocycles. The summed E-state index contributed by atoms with van der Waals surface area (Å²) in [5.74, 6) is 1.36. The number of fused-ring (bicyclic) bond motifs is 3. The minimum Gasteiger partial charge on any atom is -0.508 e. The van der Waals surface area contributed by atoms with Crippen molar-refractivity contribution in [1.29, 1.82) is 0 Å². The number of phenols is 1. The number of aromatic hydroxyl groups is 1. The monoisotopic (exact) mass is 577 g/mol. The highest BCUT2D eigenvalue weighted by atomic mass is 16.6. The van der Waals surface area contributed by atoms with Gasteiger partial charge in [-0.25, -0.2) is 0 Å². The molecule has 6 heteroatoms. The molecule has 0 heterocycles. The van der Waals surface area contributed by atoms with E-state index in [0.717, 1.165) is 27.8 Å². The molecule has 1 aliphatic rings. The minimum absolute atomic E-state index is 0.127. The Morgan fingerprint density at radius 2 is 1.18 bits per heavy atom. The van der Waals surface area contributed by atoms with Gasteiger partial charge >= 0.3 is 5.69 Å². The van der Waals surface area contributed by atoms with Crippen molar-refractivity contribution in [2.45, 2.75) is 12.0 Å². The summed E-state index contributed by atoms with van der Waals surface area (Å²) in [7, 11) is 0. The van der Waals surface area contributed by atoms with Gasteiger partial charge in [-0.15, -0.1) is 0 Å². The largest absolute Gasteiger partial charge is 0.508 e. The van der Waals surface area contributed by atoms with Gasteiger partial charge in [0.1, 0.15) is 23.9 Å². The summed E-state index contributed by atoms with van der Waals surface area (Å²) in [6.07, 6.45) is 0. The molecule has 214 valence electrons. The SMILES string of the molecule is O=[N+]([O-])c1ccc(Oc2ccc(C3(c4ccc(O)cc4)c4ccccc4-c4ccccc43)cc2)cc1OCc1ccccc1. The van der Waals surface area contributed by atoms with E-state index in [0.29, 0.717) is 11.5 Å². The molecule has 1 N–H and O–H groups in total. The predicted molar refractivity (Wildman–Crippen MR) is 169 cm³/mol. The molecule has 7 rings (SSSR count). The molecular formula is C38H27NO5. The van der Waals surface area contributed by atoms with Crippen molar-refractivity contribution < 1.29 is 19.5 Å². The summed E-state index contributed by atoms with van der Waals surface area (Å²) in [5, 5.41) is 21.8. The molecule has 0 amide bonds. The highest BCUT2D eigenvalue weighted by Crippen LogP contribution is 2.56. The van der Waals surface area contributed by atoms with E-state index < -0.39 is 10.3 Å². The van der Waals surface area contributed by atoms with E-state index >= 15 is 0 Å². The fraction of sp³-hybridized carbons (Fsp3) is 0.0526. The van der Waals surface area contributed by atoms with Gasteiger partial charge in [-0.2, -0.15) is 0 Å². The maximum absolute atomic E-state index is 11.7. The third-order valence-electron chi connectivity index (χ3n) is 8.14. The van der Waals surface area contributed by atoms with Crippen molar-refractivity contribution in [3.8, 4) is 34.1 Å². The van der Waals surface area contributed by atoms with Crippen molar-refractivity contribution in [2.75, 3.05) is 0 Å². The Morgan fingerprint density at radius 1 is 0.636 bits per heavy atom. The normalized spacial score (nSPS) is 12.6. The van der Waals surface area contributed by atoms with Gasteiger partial charge in [0.2, 0.25) is 5.75 Å². The van der Waals surface area contributed by atoms with Crippen molar-refractivity contribution in [1.82, 2.24) is 0 Å². The number of rotatable bonds is 8. The lowest BCUT2D eigenvalue weighted by molar-refractivity contribution is -0.386. The molecule has 6 nitrogen and oxygen atoms in total. The Labute approximate surface area is 254 Å². The molecule has 0 spiro atoms. The number of benzene rings is 6. The minimum atomic E-state index is -0.606. The van der Waals surface area contributed by atoms with Crippen LogP contribution < -0.4 is 9.47 Å². The van der Waals surface area contributed by atoms with Crippen LogP contribution in [0.15, 0.2) is 146 Å². The van der Waals surface area contributed by atoms with Gasteiger partial charge in [0.15, 0.2) is 0 Å². The molecular weight excluding hydrogens is 550 g/mol. The van der Waals surface area contributed by atoms with Gasteiger partial charge in [-0.3, -0.25) is 10.1 Å². The first-order valence-electron chi connectivity index (χ1n) is 14.3. The summed E-state index contributed by atoms with van der Waals surface area (Å²) in [4.78, 5) is 11.2. The molecule has 0 aliphatic heterocycles. The van der Waals surface area contributed by atoms with Gasteiger partial charge in [0.05, 0.1) is 10.3 Å². The second-order valence-corrected chi connectivity index (χ2v) is 10.7. The predicted octanol–water partition coefficient (Wildman–Crippen LogP) is 9.03. The van der Waals surface area contributed by atoms with Crippen molar-refractivity contribution in [2.24, 2.45) is 0 Å². The van der Waals surface area contributed by atoms with E-state index in [2.05, 4.69) is 60.7 Å². The lowest BCUT2D eigenvalue weighted by Gasteiger charge is -2.34. The maximum atomic E-state index is 11.7. The average Bonchev–Trinajstić information content (AvgIpc) is 3.36. The molecule has 6 aromatic rings. The van der Waals surface area contributed by atoms with E-state index in [1.165, 1.54) is 17.2 Å². The molecule has 0 fully saturated rings. The fourth-order valence-corrected chi connectivity index (χ4v) is 6.20. The summed E-state index contributed by atoms with van der Waals surface area (Å²) in [6, 6.07) is 46.2. The van der Waals surface area contributed by atoms with Crippen LogP contribution in [0.3, 0.4) is 0 Å². The zero-order valence-electron chi connectivity index (χ0n) is 23.6. The van der Waals surface area contributed by atoms with Crippen molar-refractivity contribution >= 4 is 5.69 Å². The number of nitro groups is 1. The molecule has 44 heavy (non-hydrogen) atoms. The summed E-state index contributed by atoms with van der Waals surface area (Å²) in [5.41, 5.74) is 6.92. The Bertz CT molecular complexity index is 1920. The molecule has 0 unspecified atom stereocenters. The van der Waals surface area contributed by atoms with Crippen LogP contribution >= 0.6 is 0 Å².